The van der Waals surface area contributed by atoms with Gasteiger partial charge in [0.05, 0.1) is 5.75 Å². The molecular weight excluding hydrogens is 414 g/mol. The van der Waals surface area contributed by atoms with E-state index in [0.29, 0.717) is 16.3 Å². The molecule has 0 amide bonds. The molecule has 10 heteroatoms. The topological polar surface area (TPSA) is 107 Å². The van der Waals surface area contributed by atoms with Crippen LogP contribution in [0.15, 0.2) is 40.3 Å². The summed E-state index contributed by atoms with van der Waals surface area (Å²) in [5.41, 5.74) is 1.43. The fraction of sp³-hybridized carbons (Fsp3) is 0.368. The van der Waals surface area contributed by atoms with Gasteiger partial charge in [-0.3, -0.25) is 9.36 Å². The van der Waals surface area contributed by atoms with Crippen molar-refractivity contribution in [3.8, 4) is 0 Å². The Kier molecular flexibility index (Phi) is 6.18. The zero-order valence-electron chi connectivity index (χ0n) is 16.4. The van der Waals surface area contributed by atoms with E-state index in [4.69, 9.17) is 11.6 Å². The van der Waals surface area contributed by atoms with Gasteiger partial charge in [0.2, 0.25) is 0 Å². The van der Waals surface area contributed by atoms with Crippen molar-refractivity contribution in [3.63, 3.8) is 0 Å². The summed E-state index contributed by atoms with van der Waals surface area (Å²) in [5.74, 6) is 0.179. The van der Waals surface area contributed by atoms with Crippen LogP contribution in [-0.4, -0.2) is 33.7 Å². The van der Waals surface area contributed by atoms with Gasteiger partial charge < -0.3 is 5.32 Å². The van der Waals surface area contributed by atoms with Crippen LogP contribution in [0.3, 0.4) is 0 Å². The first kappa shape index (κ1) is 21.2. The van der Waals surface area contributed by atoms with E-state index in [2.05, 4.69) is 20.3 Å². The number of hydrogen-bond acceptors (Lipinski definition) is 7. The van der Waals surface area contributed by atoms with Crippen LogP contribution in [-0.2, 0) is 16.4 Å². The Hall–Kier alpha value is -2.52. The minimum Gasteiger partial charge on any atom is -0.361 e. The summed E-state index contributed by atoms with van der Waals surface area (Å²) >= 11 is 6.01. The minimum absolute atomic E-state index is 0.00812. The lowest BCUT2D eigenvalue weighted by atomic mass is 10.2. The van der Waals surface area contributed by atoms with Crippen LogP contribution in [0.5, 0.6) is 0 Å². The Balaban J connectivity index is 1.94. The zero-order valence-corrected chi connectivity index (χ0v) is 18.0. The van der Waals surface area contributed by atoms with Crippen LogP contribution < -0.4 is 10.9 Å². The summed E-state index contributed by atoms with van der Waals surface area (Å²) in [5, 5.41) is 3.37. The van der Waals surface area contributed by atoms with Gasteiger partial charge in [0, 0.05) is 18.8 Å². The van der Waals surface area contributed by atoms with Crippen molar-refractivity contribution in [3.05, 3.63) is 51.5 Å². The average Bonchev–Trinajstić information content (AvgIpc) is 2.72. The zero-order chi connectivity index (χ0) is 21.2. The fourth-order valence-corrected chi connectivity index (χ4v) is 3.73. The lowest BCUT2D eigenvalue weighted by Crippen LogP contribution is -2.28. The maximum atomic E-state index is 13.0. The monoisotopic (exact) mass is 435 g/mol. The summed E-state index contributed by atoms with van der Waals surface area (Å²) in [6.07, 6.45) is 2.22. The first-order valence-corrected chi connectivity index (χ1v) is 11.3. The Labute approximate surface area is 173 Å². The molecule has 0 radical (unpaired) electrons. The maximum absolute atomic E-state index is 13.0. The number of halogens is 1. The lowest BCUT2D eigenvalue weighted by Gasteiger charge is -2.17. The Bertz CT molecular complexity index is 1190. The van der Waals surface area contributed by atoms with Crippen molar-refractivity contribution < 1.29 is 8.42 Å². The van der Waals surface area contributed by atoms with Gasteiger partial charge >= 0.3 is 0 Å². The predicted molar refractivity (Wildman–Crippen MR) is 113 cm³/mol. The van der Waals surface area contributed by atoms with Crippen LogP contribution >= 0.6 is 11.6 Å². The lowest BCUT2D eigenvalue weighted by molar-refractivity contribution is 0.527. The van der Waals surface area contributed by atoms with E-state index >= 15 is 0 Å². The molecular formula is C19H22ClN5O3S. The molecule has 0 saturated heterocycles. The van der Waals surface area contributed by atoms with Gasteiger partial charge in [-0.1, -0.05) is 31.5 Å². The number of rotatable bonds is 7. The van der Waals surface area contributed by atoms with E-state index in [0.717, 1.165) is 12.0 Å². The molecule has 0 fully saturated rings. The third-order valence-electron chi connectivity index (χ3n) is 4.69. The molecule has 0 saturated carbocycles. The second kappa shape index (κ2) is 8.46. The van der Waals surface area contributed by atoms with Crippen LogP contribution in [0.25, 0.3) is 11.2 Å². The molecule has 3 aromatic heterocycles. The number of hydrogen-bond donors (Lipinski definition) is 1. The van der Waals surface area contributed by atoms with E-state index in [1.54, 1.807) is 29.7 Å². The summed E-state index contributed by atoms with van der Waals surface area (Å²) in [4.78, 5) is 25.7. The molecule has 0 aromatic carbocycles. The van der Waals surface area contributed by atoms with E-state index in [9.17, 15) is 13.2 Å². The van der Waals surface area contributed by atoms with Gasteiger partial charge in [0.1, 0.15) is 10.7 Å². The predicted octanol–water partition coefficient (Wildman–Crippen LogP) is 3.22. The first-order valence-electron chi connectivity index (χ1n) is 9.27. The highest BCUT2D eigenvalue weighted by molar-refractivity contribution is 7.91. The highest BCUT2D eigenvalue weighted by Gasteiger charge is 2.17. The standard InChI is InChI=1S/C19H22ClN5O3S/c1-4-12(3)25-18-14(7-8-15(20)24-18)23-17(19(25)26)22-11-13-6-9-16(21-10-13)29(27,28)5-2/h6-10,12H,4-5,11H2,1-3H3,(H,22,23)/t12-/m1/s1. The number of pyridine rings is 2. The third-order valence-corrected chi connectivity index (χ3v) is 6.54. The smallest absolute Gasteiger partial charge is 0.295 e. The van der Waals surface area contributed by atoms with Gasteiger partial charge in [-0.05, 0) is 37.1 Å². The van der Waals surface area contributed by atoms with Gasteiger partial charge in [-0.15, -0.1) is 0 Å². The van der Waals surface area contributed by atoms with Crippen LogP contribution in [0.1, 0.15) is 38.8 Å². The summed E-state index contributed by atoms with van der Waals surface area (Å²) < 4.78 is 25.3. The largest absolute Gasteiger partial charge is 0.361 e. The SMILES string of the molecule is CC[C@@H](C)n1c(=O)c(NCc2ccc(S(=O)(=O)CC)nc2)nc2ccc(Cl)nc21. The molecule has 1 N–H and O–H groups in total. The van der Waals surface area contributed by atoms with Crippen molar-refractivity contribution in [2.45, 2.75) is 44.8 Å². The van der Waals surface area contributed by atoms with Crippen molar-refractivity contribution in [1.82, 2.24) is 19.5 Å². The normalized spacial score (nSPS) is 12.8. The molecule has 0 bridgehead atoms. The quantitative estimate of drug-likeness (QED) is 0.567. The number of aromatic nitrogens is 4. The summed E-state index contributed by atoms with van der Waals surface area (Å²) in [6.45, 7) is 5.76. The van der Waals surface area contributed by atoms with Gasteiger partial charge in [-0.25, -0.2) is 23.4 Å². The molecule has 0 aliphatic carbocycles. The van der Waals surface area contributed by atoms with Gasteiger partial charge in [-0.2, -0.15) is 0 Å². The second-order valence-corrected chi connectivity index (χ2v) is 9.24. The summed E-state index contributed by atoms with van der Waals surface area (Å²) in [6, 6.07) is 6.40. The number of sulfone groups is 1. The fourth-order valence-electron chi connectivity index (χ4n) is 2.80. The molecule has 8 nitrogen and oxygen atoms in total. The minimum atomic E-state index is -3.35. The maximum Gasteiger partial charge on any atom is 0.295 e. The molecule has 3 rings (SSSR count). The molecule has 29 heavy (non-hydrogen) atoms. The molecule has 0 unspecified atom stereocenters. The Morgan fingerprint density at radius 2 is 1.93 bits per heavy atom. The van der Waals surface area contributed by atoms with E-state index in [-0.39, 0.29) is 34.7 Å². The molecule has 1 atom stereocenters. The number of anilines is 1. The van der Waals surface area contributed by atoms with E-state index in [1.165, 1.54) is 12.3 Å². The van der Waals surface area contributed by atoms with E-state index in [1.807, 2.05) is 13.8 Å². The van der Waals surface area contributed by atoms with Crippen LogP contribution in [0.2, 0.25) is 5.15 Å². The van der Waals surface area contributed by atoms with Gasteiger partial charge in [0.15, 0.2) is 26.3 Å². The molecule has 0 spiro atoms. The van der Waals surface area contributed by atoms with Crippen molar-refractivity contribution >= 4 is 38.4 Å². The van der Waals surface area contributed by atoms with Crippen molar-refractivity contribution in [2.75, 3.05) is 11.1 Å². The summed E-state index contributed by atoms with van der Waals surface area (Å²) in [7, 11) is -3.35. The number of fused-ring (bicyclic) bond motifs is 1. The highest BCUT2D eigenvalue weighted by Crippen LogP contribution is 2.19. The Morgan fingerprint density at radius 3 is 2.55 bits per heavy atom. The molecule has 0 aliphatic heterocycles. The number of nitrogens with zero attached hydrogens (tertiary/aromatic N) is 4. The highest BCUT2D eigenvalue weighted by atomic mass is 35.5. The first-order chi connectivity index (χ1) is 13.8. The molecule has 0 aliphatic rings. The second-order valence-electron chi connectivity index (χ2n) is 6.63. The molecule has 3 aromatic rings. The average molecular weight is 436 g/mol. The molecule has 154 valence electrons. The number of nitrogens with one attached hydrogen (secondary N) is 1. The van der Waals surface area contributed by atoms with Crippen molar-refractivity contribution in [1.29, 1.82) is 0 Å². The van der Waals surface area contributed by atoms with Crippen molar-refractivity contribution in [2.24, 2.45) is 0 Å². The third kappa shape index (κ3) is 4.40. The van der Waals surface area contributed by atoms with Crippen LogP contribution in [0, 0.1) is 0 Å². The van der Waals surface area contributed by atoms with Crippen LogP contribution in [0.4, 0.5) is 5.82 Å². The van der Waals surface area contributed by atoms with Gasteiger partial charge in [0.25, 0.3) is 5.56 Å². The Morgan fingerprint density at radius 1 is 1.17 bits per heavy atom. The molecule has 3 heterocycles. The van der Waals surface area contributed by atoms with E-state index < -0.39 is 9.84 Å².